The summed E-state index contributed by atoms with van der Waals surface area (Å²) in [5.74, 6) is 0.746. The number of rotatable bonds is 1. The van der Waals surface area contributed by atoms with Gasteiger partial charge in [-0.3, -0.25) is 0 Å². The van der Waals surface area contributed by atoms with Gasteiger partial charge in [0.05, 0.1) is 0 Å². The van der Waals surface area contributed by atoms with Gasteiger partial charge in [-0.25, -0.2) is 0 Å². The molecule has 0 amide bonds. The standard InChI is InChI=1S/C18H24O2/c1-13-5-6-15-14(11-13)12-16(20-15)18(19)8-4-7-17(2,3)9-10-18/h5-6,11-12,19H,4,7-10H2,1-3H3. The summed E-state index contributed by atoms with van der Waals surface area (Å²) in [5.41, 5.74) is 1.63. The Morgan fingerprint density at radius 3 is 2.65 bits per heavy atom. The van der Waals surface area contributed by atoms with E-state index >= 15 is 0 Å². The lowest BCUT2D eigenvalue weighted by atomic mass is 9.84. The van der Waals surface area contributed by atoms with Crippen LogP contribution in [-0.4, -0.2) is 5.11 Å². The second-order valence-electron chi connectivity index (χ2n) is 7.20. The maximum absolute atomic E-state index is 11.0. The fourth-order valence-electron chi connectivity index (χ4n) is 3.29. The molecule has 2 nitrogen and oxygen atoms in total. The quantitative estimate of drug-likeness (QED) is 0.747. The minimum atomic E-state index is -0.791. The van der Waals surface area contributed by atoms with Gasteiger partial charge in [0.15, 0.2) is 0 Å². The lowest BCUT2D eigenvalue weighted by Crippen LogP contribution is -2.24. The minimum absolute atomic E-state index is 0.326. The van der Waals surface area contributed by atoms with E-state index in [1.165, 1.54) is 12.0 Å². The molecule has 1 unspecified atom stereocenters. The summed E-state index contributed by atoms with van der Waals surface area (Å²) in [6.07, 6.45) is 4.86. The van der Waals surface area contributed by atoms with Gasteiger partial charge in [0.25, 0.3) is 0 Å². The molecule has 1 saturated carbocycles. The summed E-state index contributed by atoms with van der Waals surface area (Å²) in [7, 11) is 0. The van der Waals surface area contributed by atoms with Crippen LogP contribution >= 0.6 is 0 Å². The monoisotopic (exact) mass is 272 g/mol. The van der Waals surface area contributed by atoms with Gasteiger partial charge in [-0.15, -0.1) is 0 Å². The lowest BCUT2D eigenvalue weighted by molar-refractivity contribution is -0.00122. The van der Waals surface area contributed by atoms with Crippen molar-refractivity contribution in [1.29, 1.82) is 0 Å². The van der Waals surface area contributed by atoms with Crippen LogP contribution in [0.4, 0.5) is 0 Å². The molecule has 108 valence electrons. The molecule has 0 radical (unpaired) electrons. The second kappa shape index (κ2) is 4.63. The Kier molecular flexibility index (Phi) is 3.17. The highest BCUT2D eigenvalue weighted by Gasteiger charge is 2.37. The first-order chi connectivity index (χ1) is 9.38. The van der Waals surface area contributed by atoms with Gasteiger partial charge in [-0.2, -0.15) is 0 Å². The van der Waals surface area contributed by atoms with Crippen molar-refractivity contribution >= 4 is 11.0 Å². The van der Waals surface area contributed by atoms with E-state index in [2.05, 4.69) is 32.9 Å². The molecule has 1 atom stereocenters. The molecule has 1 aromatic heterocycles. The number of furan rings is 1. The van der Waals surface area contributed by atoms with E-state index in [9.17, 15) is 5.11 Å². The summed E-state index contributed by atoms with van der Waals surface area (Å²) < 4.78 is 5.94. The minimum Gasteiger partial charge on any atom is -0.458 e. The van der Waals surface area contributed by atoms with Gasteiger partial charge >= 0.3 is 0 Å². The van der Waals surface area contributed by atoms with Crippen molar-refractivity contribution in [2.75, 3.05) is 0 Å². The van der Waals surface area contributed by atoms with Crippen LogP contribution in [0, 0.1) is 12.3 Å². The van der Waals surface area contributed by atoms with E-state index in [4.69, 9.17) is 4.42 Å². The highest BCUT2D eigenvalue weighted by Crippen LogP contribution is 2.44. The largest absolute Gasteiger partial charge is 0.458 e. The van der Waals surface area contributed by atoms with Crippen molar-refractivity contribution in [1.82, 2.24) is 0 Å². The smallest absolute Gasteiger partial charge is 0.136 e. The van der Waals surface area contributed by atoms with Crippen molar-refractivity contribution in [3.63, 3.8) is 0 Å². The third-order valence-corrected chi connectivity index (χ3v) is 4.79. The van der Waals surface area contributed by atoms with E-state index in [0.29, 0.717) is 5.41 Å². The summed E-state index contributed by atoms with van der Waals surface area (Å²) in [4.78, 5) is 0. The van der Waals surface area contributed by atoms with Crippen molar-refractivity contribution in [3.8, 4) is 0 Å². The van der Waals surface area contributed by atoms with Crippen molar-refractivity contribution in [2.45, 2.75) is 58.5 Å². The van der Waals surface area contributed by atoms with E-state index in [-0.39, 0.29) is 0 Å². The molecule has 1 aromatic carbocycles. The number of hydrogen-bond donors (Lipinski definition) is 1. The van der Waals surface area contributed by atoms with Gasteiger partial charge in [-0.05, 0) is 62.6 Å². The van der Waals surface area contributed by atoms with E-state index in [1.807, 2.05) is 12.1 Å². The highest BCUT2D eigenvalue weighted by atomic mass is 16.4. The number of hydrogen-bond acceptors (Lipinski definition) is 2. The molecule has 3 rings (SSSR count). The summed E-state index contributed by atoms with van der Waals surface area (Å²) >= 11 is 0. The lowest BCUT2D eigenvalue weighted by Gasteiger charge is -2.25. The van der Waals surface area contributed by atoms with Crippen LogP contribution in [0.15, 0.2) is 28.7 Å². The number of fused-ring (bicyclic) bond motifs is 1. The van der Waals surface area contributed by atoms with Crippen LogP contribution in [0.5, 0.6) is 0 Å². The number of aliphatic hydroxyl groups is 1. The Hall–Kier alpha value is -1.28. The third-order valence-electron chi connectivity index (χ3n) is 4.79. The molecule has 20 heavy (non-hydrogen) atoms. The molecule has 2 heteroatoms. The van der Waals surface area contributed by atoms with Gasteiger partial charge in [0.2, 0.25) is 0 Å². The molecule has 1 N–H and O–H groups in total. The van der Waals surface area contributed by atoms with Gasteiger partial charge < -0.3 is 9.52 Å². The maximum atomic E-state index is 11.0. The molecule has 1 aliphatic rings. The zero-order chi connectivity index (χ0) is 14.4. The van der Waals surface area contributed by atoms with Gasteiger partial charge in [-0.1, -0.05) is 25.5 Å². The number of aryl methyl sites for hydroxylation is 1. The van der Waals surface area contributed by atoms with Crippen LogP contribution in [0.1, 0.15) is 57.3 Å². The molecule has 0 spiro atoms. The first-order valence-electron chi connectivity index (χ1n) is 7.61. The summed E-state index contributed by atoms with van der Waals surface area (Å²) in [6.45, 7) is 6.66. The van der Waals surface area contributed by atoms with Crippen molar-refractivity contribution < 1.29 is 9.52 Å². The molecule has 0 bridgehead atoms. The first-order valence-corrected chi connectivity index (χ1v) is 7.61. The fourth-order valence-corrected chi connectivity index (χ4v) is 3.29. The molecule has 0 aliphatic heterocycles. The van der Waals surface area contributed by atoms with E-state index in [1.54, 1.807) is 0 Å². The van der Waals surface area contributed by atoms with Crippen LogP contribution in [0.3, 0.4) is 0 Å². The Bertz CT molecular complexity index is 623. The zero-order valence-corrected chi connectivity index (χ0v) is 12.7. The second-order valence-corrected chi connectivity index (χ2v) is 7.20. The number of benzene rings is 1. The van der Waals surface area contributed by atoms with E-state index in [0.717, 1.165) is 42.4 Å². The Balaban J connectivity index is 1.96. The van der Waals surface area contributed by atoms with Crippen molar-refractivity contribution in [2.24, 2.45) is 5.41 Å². The molecule has 0 saturated heterocycles. The average Bonchev–Trinajstić information content (AvgIpc) is 2.74. The molecule has 1 aliphatic carbocycles. The normalized spacial score (nSPS) is 26.6. The Morgan fingerprint density at radius 2 is 1.85 bits per heavy atom. The van der Waals surface area contributed by atoms with Crippen molar-refractivity contribution in [3.05, 3.63) is 35.6 Å². The molecule has 1 heterocycles. The topological polar surface area (TPSA) is 33.4 Å². The van der Waals surface area contributed by atoms with Crippen LogP contribution < -0.4 is 0 Å². The first kappa shape index (κ1) is 13.7. The van der Waals surface area contributed by atoms with E-state index < -0.39 is 5.60 Å². The average molecular weight is 272 g/mol. The fraction of sp³-hybridized carbons (Fsp3) is 0.556. The molecule has 1 fully saturated rings. The van der Waals surface area contributed by atoms with Gasteiger partial charge in [0, 0.05) is 5.39 Å². The molecule has 2 aromatic rings. The van der Waals surface area contributed by atoms with Crippen LogP contribution in [0.25, 0.3) is 11.0 Å². The third kappa shape index (κ3) is 2.49. The maximum Gasteiger partial charge on any atom is 0.136 e. The van der Waals surface area contributed by atoms with Crippen LogP contribution in [0.2, 0.25) is 0 Å². The highest BCUT2D eigenvalue weighted by molar-refractivity contribution is 5.78. The SMILES string of the molecule is Cc1ccc2oc(C3(O)CCCC(C)(C)CC3)cc2c1. The summed E-state index contributed by atoms with van der Waals surface area (Å²) in [6, 6.07) is 8.20. The predicted molar refractivity (Wildman–Crippen MR) is 81.7 cm³/mol. The Labute approximate surface area is 120 Å². The van der Waals surface area contributed by atoms with Gasteiger partial charge in [0.1, 0.15) is 16.9 Å². The summed E-state index contributed by atoms with van der Waals surface area (Å²) in [5, 5.41) is 12.1. The predicted octanol–water partition coefficient (Wildman–Crippen LogP) is 4.92. The Morgan fingerprint density at radius 1 is 1.05 bits per heavy atom. The molecular weight excluding hydrogens is 248 g/mol. The molecular formula is C18H24O2. The zero-order valence-electron chi connectivity index (χ0n) is 12.7. The van der Waals surface area contributed by atoms with Crippen LogP contribution in [-0.2, 0) is 5.60 Å².